The molecule has 0 fully saturated rings. The van der Waals surface area contributed by atoms with Crippen LogP contribution in [0.5, 0.6) is 5.75 Å². The lowest BCUT2D eigenvalue weighted by Crippen LogP contribution is -2.09. The average Bonchev–Trinajstić information content (AvgIpc) is 2.55. The zero-order valence-corrected chi connectivity index (χ0v) is 11.1. The minimum absolute atomic E-state index is 0.0974. The Morgan fingerprint density at radius 1 is 0.650 bits per heavy atom. The fraction of sp³-hybridized carbons (Fsp3) is 0.0526. The fourth-order valence-corrected chi connectivity index (χ4v) is 2.17. The van der Waals surface area contributed by atoms with Crippen molar-refractivity contribution < 1.29 is 4.74 Å². The summed E-state index contributed by atoms with van der Waals surface area (Å²) in [6.45, 7) is 0. The zero-order chi connectivity index (χ0) is 13.6. The molecule has 3 rings (SSSR count). The van der Waals surface area contributed by atoms with E-state index < -0.39 is 0 Å². The van der Waals surface area contributed by atoms with Gasteiger partial charge in [0.15, 0.2) is 0 Å². The number of rotatable bonds is 4. The van der Waals surface area contributed by atoms with E-state index in [0.29, 0.717) is 0 Å². The van der Waals surface area contributed by atoms with Crippen LogP contribution < -0.4 is 4.74 Å². The maximum atomic E-state index is 6.17. The molecule has 0 aliphatic rings. The highest BCUT2D eigenvalue weighted by atomic mass is 16.5. The maximum absolute atomic E-state index is 6.17. The predicted octanol–water partition coefficient (Wildman–Crippen LogP) is 4.66. The van der Waals surface area contributed by atoms with Gasteiger partial charge >= 0.3 is 0 Å². The third-order valence-corrected chi connectivity index (χ3v) is 3.15. The van der Waals surface area contributed by atoms with Gasteiger partial charge in [-0.2, -0.15) is 0 Å². The van der Waals surface area contributed by atoms with Crippen LogP contribution in [0.25, 0.3) is 0 Å². The first-order chi connectivity index (χ1) is 9.93. The molecule has 1 nitrogen and oxygen atoms in total. The summed E-state index contributed by atoms with van der Waals surface area (Å²) in [7, 11) is 0. The fourth-order valence-electron chi connectivity index (χ4n) is 2.17. The van der Waals surface area contributed by atoms with Gasteiger partial charge in [-0.05, 0) is 29.3 Å². The SMILES string of the molecule is [c]1ccc(OC(c2ccccc2)c2ccccc2)cc1. The number of ether oxygens (including phenoxy) is 1. The second-order valence-corrected chi connectivity index (χ2v) is 4.55. The molecule has 0 atom stereocenters. The minimum Gasteiger partial charge on any atom is -0.481 e. The van der Waals surface area contributed by atoms with Crippen LogP contribution in [0.15, 0.2) is 84.9 Å². The molecule has 0 unspecified atom stereocenters. The van der Waals surface area contributed by atoms with Crippen molar-refractivity contribution in [3.05, 3.63) is 102 Å². The van der Waals surface area contributed by atoms with Crippen molar-refractivity contribution in [3.63, 3.8) is 0 Å². The Bertz CT molecular complexity index is 593. The first-order valence-corrected chi connectivity index (χ1v) is 6.66. The summed E-state index contributed by atoms with van der Waals surface area (Å²) in [5, 5.41) is 0. The summed E-state index contributed by atoms with van der Waals surface area (Å²) in [6, 6.07) is 31.1. The number of hydrogen-bond donors (Lipinski definition) is 0. The lowest BCUT2D eigenvalue weighted by atomic mass is 10.0. The van der Waals surface area contributed by atoms with Gasteiger partial charge in [0, 0.05) is 0 Å². The molecule has 1 radical (unpaired) electrons. The molecule has 0 amide bonds. The first kappa shape index (κ1) is 12.5. The van der Waals surface area contributed by atoms with Gasteiger partial charge in [0.25, 0.3) is 0 Å². The smallest absolute Gasteiger partial charge is 0.149 e. The molecular formula is C19H15O. The molecule has 3 aromatic rings. The Labute approximate surface area is 119 Å². The minimum atomic E-state index is -0.0974. The van der Waals surface area contributed by atoms with Crippen LogP contribution in [0.4, 0.5) is 0 Å². The molecule has 20 heavy (non-hydrogen) atoms. The molecule has 3 aromatic carbocycles. The van der Waals surface area contributed by atoms with Crippen molar-refractivity contribution in [1.82, 2.24) is 0 Å². The highest BCUT2D eigenvalue weighted by Crippen LogP contribution is 2.27. The van der Waals surface area contributed by atoms with Crippen molar-refractivity contribution in [2.75, 3.05) is 0 Å². The number of benzene rings is 3. The Morgan fingerprint density at radius 2 is 1.15 bits per heavy atom. The molecular weight excluding hydrogens is 244 g/mol. The summed E-state index contributed by atoms with van der Waals surface area (Å²) in [5.41, 5.74) is 2.29. The van der Waals surface area contributed by atoms with Gasteiger partial charge in [0.1, 0.15) is 11.9 Å². The summed E-state index contributed by atoms with van der Waals surface area (Å²) >= 11 is 0. The second kappa shape index (κ2) is 6.07. The monoisotopic (exact) mass is 259 g/mol. The van der Waals surface area contributed by atoms with E-state index in [2.05, 4.69) is 30.3 Å². The molecule has 0 saturated heterocycles. The van der Waals surface area contributed by atoms with E-state index in [1.54, 1.807) is 0 Å². The van der Waals surface area contributed by atoms with E-state index in [-0.39, 0.29) is 6.10 Å². The van der Waals surface area contributed by atoms with Crippen LogP contribution in [-0.4, -0.2) is 0 Å². The van der Waals surface area contributed by atoms with Crippen LogP contribution in [0.1, 0.15) is 17.2 Å². The maximum Gasteiger partial charge on any atom is 0.149 e. The lowest BCUT2D eigenvalue weighted by molar-refractivity contribution is 0.247. The Morgan fingerprint density at radius 3 is 1.65 bits per heavy atom. The van der Waals surface area contributed by atoms with Crippen LogP contribution in [0, 0.1) is 6.07 Å². The normalized spacial score (nSPS) is 10.4. The van der Waals surface area contributed by atoms with Gasteiger partial charge in [-0.3, -0.25) is 0 Å². The van der Waals surface area contributed by atoms with Gasteiger partial charge < -0.3 is 4.74 Å². The van der Waals surface area contributed by atoms with Crippen molar-refractivity contribution in [3.8, 4) is 5.75 Å². The van der Waals surface area contributed by atoms with Crippen molar-refractivity contribution in [2.45, 2.75) is 6.10 Å². The summed E-state index contributed by atoms with van der Waals surface area (Å²) in [5.74, 6) is 0.849. The highest BCUT2D eigenvalue weighted by molar-refractivity contribution is 5.32. The molecule has 0 bridgehead atoms. The largest absolute Gasteiger partial charge is 0.481 e. The quantitative estimate of drug-likeness (QED) is 0.662. The van der Waals surface area contributed by atoms with E-state index >= 15 is 0 Å². The summed E-state index contributed by atoms with van der Waals surface area (Å²) in [4.78, 5) is 0. The van der Waals surface area contributed by atoms with Crippen LogP contribution in [0.2, 0.25) is 0 Å². The summed E-state index contributed by atoms with van der Waals surface area (Å²) < 4.78 is 6.17. The van der Waals surface area contributed by atoms with Crippen molar-refractivity contribution >= 4 is 0 Å². The van der Waals surface area contributed by atoms with E-state index in [4.69, 9.17) is 4.74 Å². The van der Waals surface area contributed by atoms with Crippen molar-refractivity contribution in [1.29, 1.82) is 0 Å². The van der Waals surface area contributed by atoms with E-state index in [1.165, 1.54) is 0 Å². The van der Waals surface area contributed by atoms with Crippen LogP contribution >= 0.6 is 0 Å². The zero-order valence-electron chi connectivity index (χ0n) is 11.1. The molecule has 0 saturated carbocycles. The Hall–Kier alpha value is -2.54. The first-order valence-electron chi connectivity index (χ1n) is 6.66. The average molecular weight is 259 g/mol. The molecule has 1 heteroatoms. The van der Waals surface area contributed by atoms with Gasteiger partial charge in [-0.1, -0.05) is 72.8 Å². The van der Waals surface area contributed by atoms with Crippen molar-refractivity contribution in [2.24, 2.45) is 0 Å². The molecule has 0 spiro atoms. The molecule has 0 aromatic heterocycles. The molecule has 0 heterocycles. The van der Waals surface area contributed by atoms with Gasteiger partial charge in [-0.15, -0.1) is 0 Å². The van der Waals surface area contributed by atoms with Gasteiger partial charge in [-0.25, -0.2) is 0 Å². The lowest BCUT2D eigenvalue weighted by Gasteiger charge is -2.20. The third-order valence-electron chi connectivity index (χ3n) is 3.15. The van der Waals surface area contributed by atoms with Crippen LogP contribution in [-0.2, 0) is 0 Å². The molecule has 0 N–H and O–H groups in total. The molecule has 0 aliphatic carbocycles. The Balaban J connectivity index is 1.96. The van der Waals surface area contributed by atoms with E-state index in [1.807, 2.05) is 60.7 Å². The molecule has 0 aliphatic heterocycles. The highest BCUT2D eigenvalue weighted by Gasteiger charge is 2.15. The molecule has 97 valence electrons. The Kier molecular flexibility index (Phi) is 3.79. The predicted molar refractivity (Wildman–Crippen MR) is 80.6 cm³/mol. The standard InChI is InChI=1S/C19H15O/c1-4-10-16(11-5-1)19(17-12-6-2-7-13-17)20-18-14-8-3-9-15-18/h1-2,4-15,19H. The van der Waals surface area contributed by atoms with Gasteiger partial charge in [0.2, 0.25) is 0 Å². The van der Waals surface area contributed by atoms with E-state index in [9.17, 15) is 0 Å². The van der Waals surface area contributed by atoms with Gasteiger partial charge in [0.05, 0.1) is 0 Å². The second-order valence-electron chi connectivity index (χ2n) is 4.55. The number of hydrogen-bond acceptors (Lipinski definition) is 1. The van der Waals surface area contributed by atoms with E-state index in [0.717, 1.165) is 16.9 Å². The topological polar surface area (TPSA) is 9.23 Å². The van der Waals surface area contributed by atoms with Crippen LogP contribution in [0.3, 0.4) is 0 Å². The summed E-state index contributed by atoms with van der Waals surface area (Å²) in [6.07, 6.45) is -0.0974. The third kappa shape index (κ3) is 2.89.